The summed E-state index contributed by atoms with van der Waals surface area (Å²) in [5, 5.41) is 7.51. The van der Waals surface area contributed by atoms with Crippen molar-refractivity contribution < 1.29 is 4.79 Å². The highest BCUT2D eigenvalue weighted by Gasteiger charge is 2.12. The van der Waals surface area contributed by atoms with Gasteiger partial charge in [-0.05, 0) is 36.8 Å². The zero-order valence-corrected chi connectivity index (χ0v) is 16.0. The summed E-state index contributed by atoms with van der Waals surface area (Å²) < 4.78 is 3.19. The van der Waals surface area contributed by atoms with E-state index < -0.39 is 0 Å². The third kappa shape index (κ3) is 4.78. The second kappa shape index (κ2) is 8.42. The summed E-state index contributed by atoms with van der Waals surface area (Å²) in [4.78, 5) is 12.2. The SMILES string of the molecule is CC(NC(=O)CSc1nn(-c2ccccc2)c(=S)s1)c1ccccc1. The zero-order chi connectivity index (χ0) is 17.6. The van der Waals surface area contributed by atoms with Crippen molar-refractivity contribution in [1.29, 1.82) is 0 Å². The molecular weight excluding hydrogens is 370 g/mol. The van der Waals surface area contributed by atoms with Crippen LogP contribution in [0.2, 0.25) is 0 Å². The maximum Gasteiger partial charge on any atom is 0.230 e. The summed E-state index contributed by atoms with van der Waals surface area (Å²) in [7, 11) is 0. The molecular formula is C18H17N3OS3. The molecule has 1 N–H and O–H groups in total. The summed E-state index contributed by atoms with van der Waals surface area (Å²) in [5.74, 6) is 0.294. The minimum atomic E-state index is -0.0197. The lowest BCUT2D eigenvalue weighted by molar-refractivity contribution is -0.119. The molecule has 0 aliphatic carbocycles. The number of carbonyl (C=O) groups is 1. The molecule has 0 saturated heterocycles. The number of hydrogen-bond acceptors (Lipinski definition) is 5. The van der Waals surface area contributed by atoms with E-state index in [1.54, 1.807) is 4.68 Å². The maximum absolute atomic E-state index is 12.2. The van der Waals surface area contributed by atoms with E-state index in [0.717, 1.165) is 15.6 Å². The quantitative estimate of drug-likeness (QED) is 0.495. The van der Waals surface area contributed by atoms with Crippen molar-refractivity contribution in [3.63, 3.8) is 0 Å². The highest BCUT2D eigenvalue weighted by molar-refractivity contribution is 8.01. The second-order valence-electron chi connectivity index (χ2n) is 5.37. The molecule has 4 nitrogen and oxygen atoms in total. The van der Waals surface area contributed by atoms with Crippen LogP contribution in [0, 0.1) is 3.95 Å². The molecule has 128 valence electrons. The maximum atomic E-state index is 12.2. The van der Waals surface area contributed by atoms with E-state index in [1.165, 1.54) is 23.1 Å². The number of hydrogen-bond donors (Lipinski definition) is 1. The van der Waals surface area contributed by atoms with Gasteiger partial charge < -0.3 is 5.32 Å². The topological polar surface area (TPSA) is 46.9 Å². The zero-order valence-electron chi connectivity index (χ0n) is 13.6. The fourth-order valence-electron chi connectivity index (χ4n) is 2.29. The van der Waals surface area contributed by atoms with Gasteiger partial charge in [0.25, 0.3) is 0 Å². The van der Waals surface area contributed by atoms with Gasteiger partial charge in [0, 0.05) is 0 Å². The Kier molecular flexibility index (Phi) is 6.01. The van der Waals surface area contributed by atoms with Crippen LogP contribution < -0.4 is 5.32 Å². The Morgan fingerprint density at radius 1 is 1.20 bits per heavy atom. The number of aromatic nitrogens is 2. The van der Waals surface area contributed by atoms with Crippen LogP contribution >= 0.6 is 35.3 Å². The number of rotatable bonds is 6. The first kappa shape index (κ1) is 17.8. The van der Waals surface area contributed by atoms with E-state index in [4.69, 9.17) is 12.2 Å². The van der Waals surface area contributed by atoms with Crippen molar-refractivity contribution in [2.75, 3.05) is 5.75 Å². The van der Waals surface area contributed by atoms with Gasteiger partial charge in [0.15, 0.2) is 8.29 Å². The molecule has 7 heteroatoms. The lowest BCUT2D eigenvalue weighted by Gasteiger charge is -2.13. The third-order valence-corrected chi connectivity index (χ3v) is 5.90. The molecule has 0 saturated carbocycles. The predicted molar refractivity (Wildman–Crippen MR) is 106 cm³/mol. The Bertz CT molecular complexity index is 891. The van der Waals surface area contributed by atoms with Gasteiger partial charge in [0.05, 0.1) is 17.5 Å². The molecule has 1 heterocycles. The fraction of sp³-hybridized carbons (Fsp3) is 0.167. The minimum Gasteiger partial charge on any atom is -0.349 e. The molecule has 0 aliphatic rings. The van der Waals surface area contributed by atoms with Gasteiger partial charge in [-0.1, -0.05) is 71.6 Å². The van der Waals surface area contributed by atoms with Crippen molar-refractivity contribution in [3.8, 4) is 5.69 Å². The lowest BCUT2D eigenvalue weighted by atomic mass is 10.1. The van der Waals surface area contributed by atoms with Gasteiger partial charge >= 0.3 is 0 Å². The molecule has 1 unspecified atom stereocenters. The molecule has 25 heavy (non-hydrogen) atoms. The first-order valence-electron chi connectivity index (χ1n) is 7.76. The molecule has 2 aromatic carbocycles. The Morgan fingerprint density at radius 2 is 1.84 bits per heavy atom. The Hall–Kier alpha value is -1.96. The average molecular weight is 388 g/mol. The lowest BCUT2D eigenvalue weighted by Crippen LogP contribution is -2.28. The van der Waals surface area contributed by atoms with Crippen molar-refractivity contribution in [3.05, 3.63) is 70.2 Å². The van der Waals surface area contributed by atoms with Gasteiger partial charge in [-0.15, -0.1) is 5.10 Å². The van der Waals surface area contributed by atoms with Gasteiger partial charge in [-0.25, -0.2) is 4.68 Å². The van der Waals surface area contributed by atoms with E-state index in [1.807, 2.05) is 67.6 Å². The van der Waals surface area contributed by atoms with E-state index in [2.05, 4.69) is 10.4 Å². The van der Waals surface area contributed by atoms with Crippen LogP contribution in [0.3, 0.4) is 0 Å². The number of carbonyl (C=O) groups excluding carboxylic acids is 1. The summed E-state index contributed by atoms with van der Waals surface area (Å²) in [5.41, 5.74) is 2.02. The molecule has 3 aromatic rings. The number of nitrogens with one attached hydrogen (secondary N) is 1. The Labute approximate surface area is 159 Å². The standard InChI is InChI=1S/C18H17N3OS3/c1-13(14-8-4-2-5-9-14)19-16(22)12-24-17-20-21(18(23)25-17)15-10-6-3-7-11-15/h2-11,13H,12H2,1H3,(H,19,22). The number of nitrogens with zero attached hydrogens (tertiary/aromatic N) is 2. The van der Waals surface area contributed by atoms with Crippen LogP contribution in [-0.4, -0.2) is 21.4 Å². The number of benzene rings is 2. The van der Waals surface area contributed by atoms with Crippen LogP contribution in [0.1, 0.15) is 18.5 Å². The fourth-order valence-corrected chi connectivity index (χ4v) is 4.46. The smallest absolute Gasteiger partial charge is 0.230 e. The first-order valence-corrected chi connectivity index (χ1v) is 9.97. The molecule has 1 aromatic heterocycles. The molecule has 1 atom stereocenters. The molecule has 1 amide bonds. The molecule has 0 bridgehead atoms. The second-order valence-corrected chi connectivity index (χ2v) is 8.21. The predicted octanol–water partition coefficient (Wildman–Crippen LogP) is 4.63. The Balaban J connectivity index is 1.59. The molecule has 0 fully saturated rings. The van der Waals surface area contributed by atoms with Crippen LogP contribution in [0.4, 0.5) is 0 Å². The van der Waals surface area contributed by atoms with Crippen molar-refractivity contribution in [2.45, 2.75) is 17.3 Å². The van der Waals surface area contributed by atoms with Gasteiger partial charge in [0.2, 0.25) is 5.91 Å². The summed E-state index contributed by atoms with van der Waals surface area (Å²) in [6, 6.07) is 19.6. The van der Waals surface area contributed by atoms with E-state index in [-0.39, 0.29) is 11.9 Å². The molecule has 0 aliphatic heterocycles. The van der Waals surface area contributed by atoms with Crippen LogP contribution in [0.25, 0.3) is 5.69 Å². The van der Waals surface area contributed by atoms with Gasteiger partial charge in [-0.3, -0.25) is 4.79 Å². The van der Waals surface area contributed by atoms with Crippen LogP contribution in [0.5, 0.6) is 0 Å². The van der Waals surface area contributed by atoms with Gasteiger partial charge in [0.1, 0.15) is 0 Å². The highest BCUT2D eigenvalue weighted by atomic mass is 32.2. The first-order chi connectivity index (χ1) is 12.1. The van der Waals surface area contributed by atoms with E-state index >= 15 is 0 Å². The van der Waals surface area contributed by atoms with E-state index in [0.29, 0.717) is 9.71 Å². The molecule has 0 radical (unpaired) electrons. The largest absolute Gasteiger partial charge is 0.349 e. The normalized spacial score (nSPS) is 11.9. The summed E-state index contributed by atoms with van der Waals surface area (Å²) in [6.45, 7) is 1.98. The van der Waals surface area contributed by atoms with E-state index in [9.17, 15) is 4.79 Å². The molecule has 0 spiro atoms. The third-order valence-electron chi connectivity index (χ3n) is 3.53. The van der Waals surface area contributed by atoms with Crippen LogP contribution in [0.15, 0.2) is 65.0 Å². The van der Waals surface area contributed by atoms with Gasteiger partial charge in [-0.2, -0.15) is 0 Å². The Morgan fingerprint density at radius 3 is 2.52 bits per heavy atom. The minimum absolute atomic E-state index is 0.0191. The summed E-state index contributed by atoms with van der Waals surface area (Å²) in [6.07, 6.45) is 0. The van der Waals surface area contributed by atoms with Crippen molar-refractivity contribution in [2.24, 2.45) is 0 Å². The molecule has 3 rings (SSSR count). The number of para-hydroxylation sites is 1. The van der Waals surface area contributed by atoms with Crippen molar-refractivity contribution >= 4 is 41.2 Å². The van der Waals surface area contributed by atoms with Crippen molar-refractivity contribution in [1.82, 2.24) is 15.1 Å². The average Bonchev–Trinajstić information content (AvgIpc) is 3.02. The van der Waals surface area contributed by atoms with Crippen LogP contribution in [-0.2, 0) is 4.79 Å². The summed E-state index contributed by atoms with van der Waals surface area (Å²) >= 11 is 8.19. The highest BCUT2D eigenvalue weighted by Crippen LogP contribution is 2.24. The number of amides is 1. The number of thioether (sulfide) groups is 1. The monoisotopic (exact) mass is 387 g/mol.